The number of likely N-dealkylation sites (tertiary alicyclic amines) is 1. The van der Waals surface area contributed by atoms with Gasteiger partial charge in [0.15, 0.2) is 0 Å². The molecule has 21 heavy (non-hydrogen) atoms. The minimum Gasteiger partial charge on any atom is -0.494 e. The van der Waals surface area contributed by atoms with Gasteiger partial charge in [-0.05, 0) is 75.8 Å². The molecule has 1 unspecified atom stereocenters. The molecule has 1 aliphatic rings. The van der Waals surface area contributed by atoms with Crippen LogP contribution in [0.15, 0.2) is 18.2 Å². The summed E-state index contributed by atoms with van der Waals surface area (Å²) in [6, 6.07) is 6.98. The molecule has 1 atom stereocenters. The second-order valence-electron chi connectivity index (χ2n) is 6.15. The Balaban J connectivity index is 1.68. The molecule has 0 aliphatic carbocycles. The van der Waals surface area contributed by atoms with Gasteiger partial charge in [-0.3, -0.25) is 0 Å². The number of aliphatic hydroxyl groups is 1. The highest BCUT2D eigenvalue weighted by Crippen LogP contribution is 2.21. The van der Waals surface area contributed by atoms with Crippen molar-refractivity contribution in [1.29, 1.82) is 0 Å². The number of hydrogen-bond donors (Lipinski definition) is 1. The third-order valence-electron chi connectivity index (χ3n) is 4.53. The van der Waals surface area contributed by atoms with Gasteiger partial charge in [-0.15, -0.1) is 0 Å². The standard InChI is InChI=1S/C18H29NO2/c1-15-8-9-18(14-16(15)2)21-13-5-11-19-10-3-6-17(19)7-4-12-20/h8-9,14,17,20H,3-7,10-13H2,1-2H3. The summed E-state index contributed by atoms with van der Waals surface area (Å²) in [4.78, 5) is 2.57. The zero-order valence-electron chi connectivity index (χ0n) is 13.5. The van der Waals surface area contributed by atoms with E-state index in [-0.39, 0.29) is 0 Å². The van der Waals surface area contributed by atoms with Gasteiger partial charge in [0.25, 0.3) is 0 Å². The van der Waals surface area contributed by atoms with Crippen molar-refractivity contribution in [3.63, 3.8) is 0 Å². The van der Waals surface area contributed by atoms with Gasteiger partial charge in [-0.25, -0.2) is 0 Å². The largest absolute Gasteiger partial charge is 0.494 e. The molecule has 0 bridgehead atoms. The monoisotopic (exact) mass is 291 g/mol. The Bertz CT molecular complexity index is 433. The van der Waals surface area contributed by atoms with Gasteiger partial charge >= 0.3 is 0 Å². The first kappa shape index (κ1) is 16.3. The number of aryl methyl sites for hydroxylation is 2. The first-order chi connectivity index (χ1) is 10.2. The molecule has 1 heterocycles. The van der Waals surface area contributed by atoms with Crippen LogP contribution in [0.5, 0.6) is 5.75 Å². The lowest BCUT2D eigenvalue weighted by atomic mass is 10.1. The van der Waals surface area contributed by atoms with Crippen molar-refractivity contribution in [2.75, 3.05) is 26.3 Å². The topological polar surface area (TPSA) is 32.7 Å². The van der Waals surface area contributed by atoms with Crippen molar-refractivity contribution in [2.24, 2.45) is 0 Å². The van der Waals surface area contributed by atoms with E-state index < -0.39 is 0 Å². The van der Waals surface area contributed by atoms with Gasteiger partial charge in [0.1, 0.15) is 5.75 Å². The van der Waals surface area contributed by atoms with Crippen molar-refractivity contribution < 1.29 is 9.84 Å². The summed E-state index contributed by atoms with van der Waals surface area (Å²) in [5, 5.41) is 8.96. The van der Waals surface area contributed by atoms with Crippen LogP contribution < -0.4 is 4.74 Å². The average molecular weight is 291 g/mol. The summed E-state index contributed by atoms with van der Waals surface area (Å²) >= 11 is 0. The Kier molecular flexibility index (Phi) is 6.52. The number of rotatable bonds is 8. The summed E-state index contributed by atoms with van der Waals surface area (Å²) < 4.78 is 5.85. The molecule has 1 aromatic carbocycles. The fraction of sp³-hybridized carbons (Fsp3) is 0.667. The molecule has 1 saturated heterocycles. The van der Waals surface area contributed by atoms with Gasteiger partial charge in [-0.1, -0.05) is 6.07 Å². The van der Waals surface area contributed by atoms with Crippen LogP contribution in [0, 0.1) is 13.8 Å². The van der Waals surface area contributed by atoms with Crippen LogP contribution in [0.4, 0.5) is 0 Å². The smallest absolute Gasteiger partial charge is 0.119 e. The zero-order chi connectivity index (χ0) is 15.1. The van der Waals surface area contributed by atoms with E-state index in [0.29, 0.717) is 12.6 Å². The first-order valence-corrected chi connectivity index (χ1v) is 8.25. The highest BCUT2D eigenvalue weighted by Gasteiger charge is 2.23. The maximum absolute atomic E-state index is 8.96. The number of hydrogen-bond acceptors (Lipinski definition) is 3. The number of benzene rings is 1. The summed E-state index contributed by atoms with van der Waals surface area (Å²) in [5.41, 5.74) is 2.60. The van der Waals surface area contributed by atoms with E-state index >= 15 is 0 Å². The van der Waals surface area contributed by atoms with E-state index in [0.717, 1.165) is 38.2 Å². The minimum atomic E-state index is 0.320. The lowest BCUT2D eigenvalue weighted by Crippen LogP contribution is -2.31. The molecule has 1 N–H and O–H groups in total. The lowest BCUT2D eigenvalue weighted by Gasteiger charge is -2.24. The van der Waals surface area contributed by atoms with Gasteiger partial charge in [0.05, 0.1) is 6.61 Å². The molecule has 1 aromatic rings. The zero-order valence-corrected chi connectivity index (χ0v) is 13.5. The third kappa shape index (κ3) is 5.01. The van der Waals surface area contributed by atoms with Crippen LogP contribution in [-0.2, 0) is 0 Å². The highest BCUT2D eigenvalue weighted by molar-refractivity contribution is 5.33. The predicted octanol–water partition coefficient (Wildman–Crippen LogP) is 3.31. The van der Waals surface area contributed by atoms with Crippen LogP contribution in [0.25, 0.3) is 0 Å². The minimum absolute atomic E-state index is 0.320. The van der Waals surface area contributed by atoms with Gasteiger partial charge in [-0.2, -0.15) is 0 Å². The van der Waals surface area contributed by atoms with E-state index in [2.05, 4.69) is 36.9 Å². The average Bonchev–Trinajstić information content (AvgIpc) is 2.92. The fourth-order valence-electron chi connectivity index (χ4n) is 3.10. The number of nitrogens with zero attached hydrogens (tertiary/aromatic N) is 1. The van der Waals surface area contributed by atoms with Crippen molar-refractivity contribution in [3.05, 3.63) is 29.3 Å². The van der Waals surface area contributed by atoms with Crippen LogP contribution in [0.1, 0.15) is 43.2 Å². The van der Waals surface area contributed by atoms with E-state index in [1.54, 1.807) is 0 Å². The Hall–Kier alpha value is -1.06. The Morgan fingerprint density at radius 3 is 2.86 bits per heavy atom. The molecule has 0 radical (unpaired) electrons. The van der Waals surface area contributed by atoms with E-state index in [1.807, 2.05) is 0 Å². The van der Waals surface area contributed by atoms with E-state index in [4.69, 9.17) is 9.84 Å². The van der Waals surface area contributed by atoms with Crippen molar-refractivity contribution in [3.8, 4) is 5.75 Å². The predicted molar refractivity (Wildman–Crippen MR) is 86.9 cm³/mol. The van der Waals surface area contributed by atoms with Crippen molar-refractivity contribution in [2.45, 2.75) is 52.0 Å². The molecular formula is C18H29NO2. The van der Waals surface area contributed by atoms with Crippen LogP contribution >= 0.6 is 0 Å². The molecule has 2 rings (SSSR count). The summed E-state index contributed by atoms with van der Waals surface area (Å²) in [5.74, 6) is 0.983. The van der Waals surface area contributed by atoms with Crippen LogP contribution in [-0.4, -0.2) is 42.4 Å². The molecule has 0 spiro atoms. The summed E-state index contributed by atoms with van der Waals surface area (Å²) in [6.07, 6.45) is 5.73. The fourth-order valence-corrected chi connectivity index (χ4v) is 3.10. The first-order valence-electron chi connectivity index (χ1n) is 8.25. The van der Waals surface area contributed by atoms with Crippen LogP contribution in [0.2, 0.25) is 0 Å². The molecule has 0 amide bonds. The van der Waals surface area contributed by atoms with Crippen molar-refractivity contribution >= 4 is 0 Å². The molecule has 3 heteroatoms. The SMILES string of the molecule is Cc1ccc(OCCCN2CCCC2CCCO)cc1C. The quantitative estimate of drug-likeness (QED) is 0.746. The molecular weight excluding hydrogens is 262 g/mol. The molecule has 118 valence electrons. The molecule has 1 fully saturated rings. The van der Waals surface area contributed by atoms with Crippen LogP contribution in [0.3, 0.4) is 0 Å². The maximum atomic E-state index is 8.96. The molecule has 3 nitrogen and oxygen atoms in total. The van der Waals surface area contributed by atoms with Crippen molar-refractivity contribution in [1.82, 2.24) is 4.90 Å². The summed E-state index contributed by atoms with van der Waals surface area (Å²) in [7, 11) is 0. The molecule has 0 saturated carbocycles. The van der Waals surface area contributed by atoms with Gasteiger partial charge in [0.2, 0.25) is 0 Å². The molecule has 0 aromatic heterocycles. The normalized spacial score (nSPS) is 19.1. The summed E-state index contributed by atoms with van der Waals surface area (Å²) in [6.45, 7) is 7.67. The molecule has 1 aliphatic heterocycles. The second-order valence-corrected chi connectivity index (χ2v) is 6.15. The number of ether oxygens (including phenoxy) is 1. The third-order valence-corrected chi connectivity index (χ3v) is 4.53. The Morgan fingerprint density at radius 1 is 1.24 bits per heavy atom. The maximum Gasteiger partial charge on any atom is 0.119 e. The van der Waals surface area contributed by atoms with Gasteiger partial charge < -0.3 is 14.7 Å². The lowest BCUT2D eigenvalue weighted by molar-refractivity contribution is 0.199. The number of aliphatic hydroxyl groups excluding tert-OH is 1. The highest BCUT2D eigenvalue weighted by atomic mass is 16.5. The second kappa shape index (κ2) is 8.40. The van der Waals surface area contributed by atoms with E-state index in [9.17, 15) is 0 Å². The Labute approximate surface area is 128 Å². The van der Waals surface area contributed by atoms with E-state index in [1.165, 1.54) is 30.5 Å². The Morgan fingerprint density at radius 2 is 2.10 bits per heavy atom. The van der Waals surface area contributed by atoms with Gasteiger partial charge in [0, 0.05) is 19.2 Å².